The summed E-state index contributed by atoms with van der Waals surface area (Å²) in [6, 6.07) is 15.0. The third-order valence-corrected chi connectivity index (χ3v) is 15.2. The van der Waals surface area contributed by atoms with Crippen LogP contribution in [0.5, 0.6) is 40.2 Å². The predicted octanol–water partition coefficient (Wildman–Crippen LogP) is 9.27. The van der Waals surface area contributed by atoms with Crippen molar-refractivity contribution in [3.8, 4) is 40.2 Å². The molecule has 0 spiro atoms. The lowest BCUT2D eigenvalue weighted by molar-refractivity contribution is -0.0450. The number of carboxylic acids is 1. The molecule has 1 aromatic heterocycles. The smallest absolute Gasteiger partial charge is 0.340 e. The summed E-state index contributed by atoms with van der Waals surface area (Å²) in [4.78, 5) is 13.0. The van der Waals surface area contributed by atoms with Crippen molar-refractivity contribution in [2.75, 3.05) is 55.9 Å². The quantitative estimate of drug-likeness (QED) is 0.0948. The normalized spacial score (nSPS) is 14.2. The number of hydrogen-bond acceptors (Lipinski definition) is 12. The van der Waals surface area contributed by atoms with Gasteiger partial charge in [-0.3, -0.25) is 0 Å². The molecule has 14 heteroatoms. The molecular weight excluding hydrogens is 753 g/mol. The van der Waals surface area contributed by atoms with Gasteiger partial charge in [-0.15, -0.1) is 0 Å². The molecular formula is C43H52O13Si. The number of furan rings is 1. The van der Waals surface area contributed by atoms with Crippen LogP contribution < -0.4 is 33.2 Å². The van der Waals surface area contributed by atoms with Crippen LogP contribution in [0.2, 0.25) is 18.1 Å². The van der Waals surface area contributed by atoms with Gasteiger partial charge in [0.1, 0.15) is 35.5 Å². The Hall–Kier alpha value is -5.15. The van der Waals surface area contributed by atoms with Gasteiger partial charge in [0.05, 0.1) is 72.0 Å². The molecule has 57 heavy (non-hydrogen) atoms. The van der Waals surface area contributed by atoms with Crippen molar-refractivity contribution in [1.82, 2.24) is 0 Å². The predicted molar refractivity (Wildman–Crippen MR) is 217 cm³/mol. The van der Waals surface area contributed by atoms with Gasteiger partial charge in [0.2, 0.25) is 0 Å². The molecule has 0 saturated carbocycles. The molecule has 13 nitrogen and oxygen atoms in total. The Kier molecular flexibility index (Phi) is 12.2. The van der Waals surface area contributed by atoms with Gasteiger partial charge >= 0.3 is 5.97 Å². The van der Waals surface area contributed by atoms with Crippen LogP contribution >= 0.6 is 0 Å². The zero-order valence-corrected chi connectivity index (χ0v) is 35.4. The lowest BCUT2D eigenvalue weighted by Gasteiger charge is -2.39. The molecule has 1 saturated heterocycles. The molecule has 6 rings (SSSR count). The summed E-state index contributed by atoms with van der Waals surface area (Å²) in [5.74, 6) is 1.72. The molecule has 306 valence electrons. The highest BCUT2D eigenvalue weighted by molar-refractivity contribution is 6.74. The Morgan fingerprint density at radius 2 is 1.42 bits per heavy atom. The summed E-state index contributed by atoms with van der Waals surface area (Å²) >= 11 is 0. The maximum absolute atomic E-state index is 13.0. The molecule has 5 aromatic rings. The maximum Gasteiger partial charge on any atom is 0.340 e. The standard InChI is InChI=1S/C43H52O13Si/c1-43(2,3)57(10,11)56-29(28-21-27-36(48-6)33-30(46-4)22-31(47-5)38(49-7)34(33)40(51-9)37(27)55-28)20-25-19-26(42-52-17-18-53-42)32(41(44)45)39(50-8)35(25)54-23-24-15-13-12-14-16-24/h12-16,19,21-22,29,42H,17-18,20,23H2,1-11H3,(H,44,45). The number of benzene rings is 4. The lowest BCUT2D eigenvalue weighted by Crippen LogP contribution is -2.42. The Morgan fingerprint density at radius 3 is 1.98 bits per heavy atom. The Bertz CT molecular complexity index is 2230. The number of hydrogen-bond donors (Lipinski definition) is 1. The largest absolute Gasteiger partial charge is 0.496 e. The molecule has 1 aliphatic heterocycles. The number of methoxy groups -OCH3 is 6. The van der Waals surface area contributed by atoms with E-state index in [2.05, 4.69) is 33.9 Å². The fourth-order valence-electron chi connectivity index (χ4n) is 6.96. The van der Waals surface area contributed by atoms with Crippen molar-refractivity contribution in [1.29, 1.82) is 0 Å². The van der Waals surface area contributed by atoms with Gasteiger partial charge in [-0.1, -0.05) is 51.1 Å². The minimum Gasteiger partial charge on any atom is -0.496 e. The molecule has 1 atom stereocenters. The molecule has 1 aliphatic rings. The van der Waals surface area contributed by atoms with E-state index in [-0.39, 0.29) is 35.1 Å². The second-order valence-electron chi connectivity index (χ2n) is 15.1. The molecule has 0 aliphatic carbocycles. The van der Waals surface area contributed by atoms with Gasteiger partial charge in [-0.25, -0.2) is 4.79 Å². The second-order valence-corrected chi connectivity index (χ2v) is 19.9. The highest BCUT2D eigenvalue weighted by Gasteiger charge is 2.42. The summed E-state index contributed by atoms with van der Waals surface area (Å²) in [5.41, 5.74) is 2.07. The molecule has 0 bridgehead atoms. The summed E-state index contributed by atoms with van der Waals surface area (Å²) in [6.07, 6.45) is -1.48. The zero-order valence-electron chi connectivity index (χ0n) is 34.4. The number of fused-ring (bicyclic) bond motifs is 2. The first-order valence-corrected chi connectivity index (χ1v) is 21.5. The lowest BCUT2D eigenvalue weighted by atomic mass is 9.96. The van der Waals surface area contributed by atoms with Gasteiger partial charge in [-0.2, -0.15) is 0 Å². The van der Waals surface area contributed by atoms with Crippen LogP contribution in [0.3, 0.4) is 0 Å². The number of rotatable bonds is 16. The maximum atomic E-state index is 13.0. The molecule has 1 fully saturated rings. The fraction of sp³-hybridized carbons (Fsp3) is 0.419. The van der Waals surface area contributed by atoms with Crippen LogP contribution in [0, 0.1) is 0 Å². The van der Waals surface area contributed by atoms with Gasteiger partial charge in [0, 0.05) is 23.6 Å². The third kappa shape index (κ3) is 7.78. The molecule has 4 aromatic carbocycles. The van der Waals surface area contributed by atoms with Crippen molar-refractivity contribution in [3.05, 3.63) is 76.5 Å². The van der Waals surface area contributed by atoms with Crippen molar-refractivity contribution in [2.24, 2.45) is 0 Å². The number of carbonyl (C=O) groups is 1. The minimum absolute atomic E-state index is 0.0449. The first-order valence-electron chi connectivity index (χ1n) is 18.6. The van der Waals surface area contributed by atoms with Crippen molar-refractivity contribution >= 4 is 36.0 Å². The van der Waals surface area contributed by atoms with E-state index in [1.165, 1.54) is 7.11 Å². The van der Waals surface area contributed by atoms with E-state index in [0.717, 1.165) is 5.56 Å². The van der Waals surface area contributed by atoms with Gasteiger partial charge in [0.25, 0.3) is 0 Å². The number of carboxylic acid groups (broad SMARTS) is 1. The summed E-state index contributed by atoms with van der Waals surface area (Å²) in [7, 11) is 6.66. The fourth-order valence-corrected chi connectivity index (χ4v) is 8.23. The molecule has 2 heterocycles. The van der Waals surface area contributed by atoms with Gasteiger partial charge in [-0.05, 0) is 35.8 Å². The second kappa shape index (κ2) is 16.8. The first-order chi connectivity index (χ1) is 27.2. The van der Waals surface area contributed by atoms with Crippen molar-refractivity contribution in [2.45, 2.75) is 64.3 Å². The van der Waals surface area contributed by atoms with Gasteiger partial charge in [0.15, 0.2) is 48.9 Å². The first kappa shape index (κ1) is 41.5. The van der Waals surface area contributed by atoms with Crippen molar-refractivity contribution in [3.63, 3.8) is 0 Å². The van der Waals surface area contributed by atoms with E-state index < -0.39 is 26.7 Å². The molecule has 0 amide bonds. The Labute approximate surface area is 333 Å². The van der Waals surface area contributed by atoms with E-state index in [0.29, 0.717) is 80.6 Å². The Morgan fingerprint density at radius 1 is 0.789 bits per heavy atom. The average Bonchev–Trinajstić information content (AvgIpc) is 3.89. The topological polar surface area (TPSA) is 143 Å². The summed E-state index contributed by atoms with van der Waals surface area (Å²) in [5, 5.41) is 12.1. The summed E-state index contributed by atoms with van der Waals surface area (Å²) < 4.78 is 67.9. The van der Waals surface area contributed by atoms with Crippen LogP contribution in [0.1, 0.15) is 66.0 Å². The monoisotopic (exact) mass is 804 g/mol. The zero-order chi connectivity index (χ0) is 41.2. The molecule has 1 N–H and O–H groups in total. The molecule has 1 unspecified atom stereocenters. The van der Waals surface area contributed by atoms with E-state index in [1.807, 2.05) is 36.4 Å². The van der Waals surface area contributed by atoms with Crippen LogP contribution in [-0.4, -0.2) is 75.3 Å². The summed E-state index contributed by atoms with van der Waals surface area (Å²) in [6.45, 7) is 11.6. The van der Waals surface area contributed by atoms with E-state index >= 15 is 0 Å². The minimum atomic E-state index is -2.56. The van der Waals surface area contributed by atoms with Crippen LogP contribution in [0.15, 0.2) is 52.9 Å². The third-order valence-electron chi connectivity index (χ3n) is 10.7. The Balaban J connectivity index is 1.63. The van der Waals surface area contributed by atoms with Crippen LogP contribution in [-0.2, 0) is 26.9 Å². The van der Waals surface area contributed by atoms with Gasteiger partial charge < -0.3 is 56.6 Å². The number of ether oxygens (including phenoxy) is 9. The SMILES string of the molecule is COc1cc(OC)c2c(OC)c3cc(C(Cc4cc(C5OCCO5)c(C(=O)O)c(OC)c4OCc4ccccc4)O[Si](C)(C)C(C)(C)C)oc3c(OC)c2c1OC. The van der Waals surface area contributed by atoms with Crippen molar-refractivity contribution < 1.29 is 61.4 Å². The van der Waals surface area contributed by atoms with Crippen LogP contribution in [0.4, 0.5) is 0 Å². The van der Waals surface area contributed by atoms with E-state index in [1.54, 1.807) is 47.7 Å². The van der Waals surface area contributed by atoms with E-state index in [9.17, 15) is 9.90 Å². The van der Waals surface area contributed by atoms with Crippen LogP contribution in [0.25, 0.3) is 21.7 Å². The highest BCUT2D eigenvalue weighted by atomic mass is 28.4. The number of aromatic carboxylic acids is 1. The average molecular weight is 805 g/mol. The highest BCUT2D eigenvalue weighted by Crippen LogP contribution is 2.55. The molecule has 0 radical (unpaired) electrons. The van der Waals surface area contributed by atoms with E-state index in [4.69, 9.17) is 51.5 Å².